The molecule has 3 nitrogen and oxygen atoms in total. The van der Waals surface area contributed by atoms with Crippen molar-refractivity contribution >= 4 is 5.91 Å². The Morgan fingerprint density at radius 1 is 1.86 bits per heavy atom. The molecule has 0 aliphatic heterocycles. The smallest absolute Gasteiger partial charge is 0.221 e. The number of carbonyl (C=O) groups is 1. The summed E-state index contributed by atoms with van der Waals surface area (Å²) in [6.07, 6.45) is 0.181. The van der Waals surface area contributed by atoms with Crippen LogP contribution in [-0.2, 0) is 4.79 Å². The van der Waals surface area contributed by atoms with Gasteiger partial charge in [-0.25, -0.2) is 0 Å². The van der Waals surface area contributed by atoms with E-state index in [4.69, 9.17) is 5.11 Å². The molecule has 0 aliphatic carbocycles. The molecule has 0 fully saturated rings. The summed E-state index contributed by atoms with van der Waals surface area (Å²) in [5.74, 6) is -0.234. The van der Waals surface area contributed by atoms with Crippen molar-refractivity contribution < 1.29 is 9.90 Å². The molecule has 0 aromatic heterocycles. The van der Waals surface area contributed by atoms with E-state index < -0.39 is 0 Å². The van der Waals surface area contributed by atoms with Crippen molar-refractivity contribution in [2.75, 3.05) is 6.73 Å². The maximum absolute atomic E-state index is 10.1. The van der Waals surface area contributed by atoms with Crippen LogP contribution in [0.5, 0.6) is 0 Å². The molecule has 3 heteroatoms. The lowest BCUT2D eigenvalue weighted by Gasteiger charge is -1.93. The van der Waals surface area contributed by atoms with Gasteiger partial charge in [0.15, 0.2) is 0 Å². The van der Waals surface area contributed by atoms with E-state index in [9.17, 15) is 4.79 Å². The molecule has 0 heterocycles. The van der Waals surface area contributed by atoms with Crippen LogP contribution in [0, 0.1) is 6.92 Å². The molecule has 0 atom stereocenters. The highest BCUT2D eigenvalue weighted by Gasteiger charge is 1.89. The Balaban J connectivity index is 3.00. The van der Waals surface area contributed by atoms with Crippen molar-refractivity contribution in [1.82, 2.24) is 5.32 Å². The first-order chi connectivity index (χ1) is 3.31. The van der Waals surface area contributed by atoms with Gasteiger partial charge >= 0.3 is 0 Å². The summed E-state index contributed by atoms with van der Waals surface area (Å²) >= 11 is 0. The topological polar surface area (TPSA) is 49.3 Å². The lowest BCUT2D eigenvalue weighted by atomic mass is 10.5. The predicted molar refractivity (Wildman–Crippen MR) is 25.2 cm³/mol. The molecule has 0 aromatic rings. The molecule has 0 rings (SSSR count). The van der Waals surface area contributed by atoms with Gasteiger partial charge in [-0.2, -0.15) is 0 Å². The number of rotatable bonds is 2. The fraction of sp³-hybridized carbons (Fsp3) is 0.500. The van der Waals surface area contributed by atoms with E-state index in [1.165, 1.54) is 0 Å². The summed E-state index contributed by atoms with van der Waals surface area (Å²) in [7, 11) is 0. The van der Waals surface area contributed by atoms with Crippen molar-refractivity contribution in [1.29, 1.82) is 0 Å². The first kappa shape index (κ1) is 6.43. The minimum absolute atomic E-state index is 0.181. The number of aliphatic hydroxyl groups excluding tert-OH is 1. The Bertz CT molecular complexity index is 62.7. The number of aliphatic hydroxyl groups is 1. The zero-order chi connectivity index (χ0) is 5.70. The Morgan fingerprint density at radius 2 is 2.43 bits per heavy atom. The highest BCUT2D eigenvalue weighted by molar-refractivity contribution is 5.76. The van der Waals surface area contributed by atoms with Crippen molar-refractivity contribution in [3.63, 3.8) is 0 Å². The molecule has 0 aliphatic rings. The van der Waals surface area contributed by atoms with Gasteiger partial charge in [-0.05, 0) is 6.92 Å². The lowest BCUT2D eigenvalue weighted by molar-refractivity contribution is -0.121. The molecule has 0 unspecified atom stereocenters. The Hall–Kier alpha value is -0.570. The van der Waals surface area contributed by atoms with E-state index >= 15 is 0 Å². The number of hydrogen-bond acceptors (Lipinski definition) is 2. The van der Waals surface area contributed by atoms with Crippen LogP contribution in [-0.4, -0.2) is 17.7 Å². The first-order valence-corrected chi connectivity index (χ1v) is 1.98. The number of hydrogen-bond donors (Lipinski definition) is 2. The van der Waals surface area contributed by atoms with Gasteiger partial charge in [-0.3, -0.25) is 4.79 Å². The zero-order valence-electron chi connectivity index (χ0n) is 3.98. The van der Waals surface area contributed by atoms with Gasteiger partial charge in [0.1, 0.15) is 6.73 Å². The molecule has 7 heavy (non-hydrogen) atoms. The molecule has 0 bridgehead atoms. The van der Waals surface area contributed by atoms with Gasteiger partial charge in [-0.15, -0.1) is 0 Å². The largest absolute Gasteiger partial charge is 0.377 e. The Morgan fingerprint density at radius 3 is 2.57 bits per heavy atom. The number of amides is 1. The van der Waals surface area contributed by atoms with Crippen LogP contribution in [0.15, 0.2) is 0 Å². The van der Waals surface area contributed by atoms with E-state index in [0.717, 1.165) is 0 Å². The van der Waals surface area contributed by atoms with Crippen LogP contribution in [0.3, 0.4) is 0 Å². The summed E-state index contributed by atoms with van der Waals surface area (Å²) in [5, 5.41) is 10.2. The van der Waals surface area contributed by atoms with E-state index in [1.54, 1.807) is 0 Å². The molecule has 2 N–H and O–H groups in total. The van der Waals surface area contributed by atoms with Gasteiger partial charge in [0.05, 0.1) is 0 Å². The van der Waals surface area contributed by atoms with Crippen LogP contribution in [0.25, 0.3) is 0 Å². The van der Waals surface area contributed by atoms with Crippen molar-refractivity contribution in [3.8, 4) is 0 Å². The summed E-state index contributed by atoms with van der Waals surface area (Å²) in [6, 6.07) is 0. The van der Waals surface area contributed by atoms with Gasteiger partial charge in [-0.1, -0.05) is 0 Å². The van der Waals surface area contributed by atoms with E-state index in [-0.39, 0.29) is 19.1 Å². The van der Waals surface area contributed by atoms with Crippen molar-refractivity contribution in [2.24, 2.45) is 0 Å². The molecular formula is C4H8NO2. The van der Waals surface area contributed by atoms with E-state index in [1.807, 2.05) is 0 Å². The standard InChI is InChI=1S/C4H8NO2/c1-2-4(7)5-3-6/h6H,1-3H2,(H,5,7). The van der Waals surface area contributed by atoms with Gasteiger partial charge in [0.2, 0.25) is 5.91 Å². The number of nitrogens with one attached hydrogen (secondary N) is 1. The Labute approximate surface area is 42.3 Å². The molecule has 41 valence electrons. The Kier molecular flexibility index (Phi) is 3.32. The fourth-order valence-corrected chi connectivity index (χ4v) is 0.177. The SMILES string of the molecule is [CH2]CC(=O)NCO. The summed E-state index contributed by atoms with van der Waals surface area (Å²) < 4.78 is 0. The summed E-state index contributed by atoms with van der Waals surface area (Å²) in [4.78, 5) is 10.1. The molecule has 0 spiro atoms. The van der Waals surface area contributed by atoms with Crippen LogP contribution in [0.4, 0.5) is 0 Å². The average molecular weight is 102 g/mol. The highest BCUT2D eigenvalue weighted by Crippen LogP contribution is 1.69. The zero-order valence-corrected chi connectivity index (χ0v) is 3.98. The second-order valence-corrected chi connectivity index (χ2v) is 1.01. The highest BCUT2D eigenvalue weighted by atomic mass is 16.3. The van der Waals surface area contributed by atoms with E-state index in [2.05, 4.69) is 12.2 Å². The second kappa shape index (κ2) is 3.61. The third kappa shape index (κ3) is 3.26. The van der Waals surface area contributed by atoms with Crippen LogP contribution >= 0.6 is 0 Å². The summed E-state index contributed by atoms with van der Waals surface area (Å²) in [6.45, 7) is 2.98. The fourth-order valence-electron chi connectivity index (χ4n) is 0.177. The lowest BCUT2D eigenvalue weighted by Crippen LogP contribution is -2.22. The normalized spacial score (nSPS) is 8.29. The van der Waals surface area contributed by atoms with Crippen LogP contribution in [0.1, 0.15) is 6.42 Å². The van der Waals surface area contributed by atoms with Crippen molar-refractivity contribution in [2.45, 2.75) is 6.42 Å². The molecule has 0 aromatic carbocycles. The van der Waals surface area contributed by atoms with E-state index in [0.29, 0.717) is 0 Å². The third-order valence-corrected chi connectivity index (χ3v) is 0.503. The minimum atomic E-state index is -0.297. The number of carbonyl (C=O) groups excluding carboxylic acids is 1. The summed E-state index contributed by atoms with van der Waals surface area (Å²) in [5.41, 5.74) is 0. The molecule has 0 saturated heterocycles. The second-order valence-electron chi connectivity index (χ2n) is 1.01. The van der Waals surface area contributed by atoms with Gasteiger partial charge < -0.3 is 10.4 Å². The minimum Gasteiger partial charge on any atom is -0.377 e. The third-order valence-electron chi connectivity index (χ3n) is 0.503. The maximum Gasteiger partial charge on any atom is 0.221 e. The van der Waals surface area contributed by atoms with Gasteiger partial charge in [0.25, 0.3) is 0 Å². The molecule has 0 saturated carbocycles. The predicted octanol–water partition coefficient (Wildman–Crippen LogP) is -0.723. The van der Waals surface area contributed by atoms with Crippen molar-refractivity contribution in [3.05, 3.63) is 6.92 Å². The first-order valence-electron chi connectivity index (χ1n) is 1.98. The quantitative estimate of drug-likeness (QED) is 0.452. The van der Waals surface area contributed by atoms with Crippen LogP contribution in [0.2, 0.25) is 0 Å². The monoisotopic (exact) mass is 102 g/mol. The average Bonchev–Trinajstić information content (AvgIpc) is 1.68. The molecular weight excluding hydrogens is 94.0 g/mol. The maximum atomic E-state index is 10.1. The van der Waals surface area contributed by atoms with Crippen LogP contribution < -0.4 is 5.32 Å². The molecule has 1 amide bonds. The molecule has 1 radical (unpaired) electrons. The van der Waals surface area contributed by atoms with Gasteiger partial charge in [0, 0.05) is 6.42 Å².